The van der Waals surface area contributed by atoms with Crippen LogP contribution in [0.15, 0.2) is 36.4 Å². The lowest BCUT2D eigenvalue weighted by molar-refractivity contribution is 0.281. The van der Waals surface area contributed by atoms with Gasteiger partial charge in [-0.25, -0.2) is 0 Å². The molecule has 0 spiro atoms. The van der Waals surface area contributed by atoms with Crippen molar-refractivity contribution in [3.05, 3.63) is 47.5 Å². The van der Waals surface area contributed by atoms with Crippen LogP contribution in [0.2, 0.25) is 6.82 Å². The van der Waals surface area contributed by atoms with E-state index >= 15 is 0 Å². The van der Waals surface area contributed by atoms with E-state index in [0.717, 1.165) is 33.3 Å². The van der Waals surface area contributed by atoms with Crippen molar-refractivity contribution in [1.82, 2.24) is 0 Å². The van der Waals surface area contributed by atoms with Gasteiger partial charge in [0.1, 0.15) is 5.75 Å². The molecule has 0 aromatic heterocycles. The summed E-state index contributed by atoms with van der Waals surface area (Å²) < 4.78 is 17.4. The Morgan fingerprint density at radius 1 is 0.966 bits per heavy atom. The van der Waals surface area contributed by atoms with Gasteiger partial charge in [0.25, 0.3) is 0 Å². The fraction of sp³-hybridized carbons (Fsp3) is 0.429. The Morgan fingerprint density at radius 3 is 2.10 bits per heavy atom. The van der Waals surface area contributed by atoms with Crippen LogP contribution < -0.4 is 32.6 Å². The summed E-state index contributed by atoms with van der Waals surface area (Å²) in [5.41, 5.74) is 15.9. The zero-order valence-electron chi connectivity index (χ0n) is 17.0. The Bertz CT molecular complexity index is 744. The predicted octanol–water partition coefficient (Wildman–Crippen LogP) is 0.0166. The molecule has 8 heteroatoms. The highest BCUT2D eigenvalue weighted by atomic mass is 16.5. The Morgan fingerprint density at radius 2 is 1.55 bits per heavy atom. The van der Waals surface area contributed by atoms with E-state index in [1.165, 1.54) is 0 Å². The van der Waals surface area contributed by atoms with Gasteiger partial charge in [-0.3, -0.25) is 0 Å². The minimum absolute atomic E-state index is 0. The van der Waals surface area contributed by atoms with Gasteiger partial charge in [0.15, 0.2) is 0 Å². The summed E-state index contributed by atoms with van der Waals surface area (Å²) in [7, 11) is 1.64. The van der Waals surface area contributed by atoms with Crippen LogP contribution in [0, 0.1) is 6.92 Å². The summed E-state index contributed by atoms with van der Waals surface area (Å²) in [5.74, 6) is 0.723. The summed E-state index contributed by atoms with van der Waals surface area (Å²) in [4.78, 5) is 0. The number of aliphatic hydroxyl groups excluding tert-OH is 1. The molecular weight excluding hydrogens is 366 g/mol. The summed E-state index contributed by atoms with van der Waals surface area (Å²) in [6.45, 7) is 5.38. The fourth-order valence-corrected chi connectivity index (χ4v) is 3.13. The molecule has 0 fully saturated rings. The zero-order valence-corrected chi connectivity index (χ0v) is 17.0. The van der Waals surface area contributed by atoms with Crippen LogP contribution in [0.1, 0.15) is 18.6 Å². The van der Waals surface area contributed by atoms with Crippen molar-refractivity contribution in [3.63, 3.8) is 0 Å². The average molecular weight is 400 g/mol. The van der Waals surface area contributed by atoms with E-state index in [4.69, 9.17) is 25.5 Å². The predicted molar refractivity (Wildman–Crippen MR) is 123 cm³/mol. The van der Waals surface area contributed by atoms with E-state index in [9.17, 15) is 5.11 Å². The maximum atomic E-state index is 9.68. The summed E-state index contributed by atoms with van der Waals surface area (Å²) in [6.07, 6.45) is 0. The largest absolute Gasteiger partial charge is 0.497 e. The third kappa shape index (κ3) is 6.59. The number of rotatable bonds is 11. The van der Waals surface area contributed by atoms with E-state index in [2.05, 4.69) is 0 Å². The first-order chi connectivity index (χ1) is 13.5. The van der Waals surface area contributed by atoms with E-state index in [0.29, 0.717) is 26.3 Å². The summed E-state index contributed by atoms with van der Waals surface area (Å²) >= 11 is 0. The van der Waals surface area contributed by atoms with Crippen molar-refractivity contribution >= 4 is 30.2 Å². The average Bonchev–Trinajstić information content (AvgIpc) is 2.73. The number of methoxy groups -OCH3 is 1. The zero-order chi connectivity index (χ0) is 20.5. The van der Waals surface area contributed by atoms with Gasteiger partial charge in [-0.1, -0.05) is 44.6 Å². The van der Waals surface area contributed by atoms with Crippen LogP contribution in [-0.4, -0.2) is 52.4 Å². The minimum atomic E-state index is -0.348. The molecule has 0 aliphatic carbocycles. The van der Waals surface area contributed by atoms with Crippen LogP contribution in [0.4, 0.5) is 0 Å². The molecule has 0 unspecified atom stereocenters. The summed E-state index contributed by atoms with van der Waals surface area (Å²) in [6, 6.07) is 12.0. The lowest BCUT2D eigenvalue weighted by Gasteiger charge is -2.20. The third-order valence-electron chi connectivity index (χ3n) is 4.74. The first-order valence-corrected chi connectivity index (χ1v) is 9.57. The molecule has 0 aliphatic heterocycles. The Hall–Kier alpha value is -1.83. The van der Waals surface area contributed by atoms with Crippen molar-refractivity contribution < 1.29 is 19.2 Å². The van der Waals surface area contributed by atoms with Gasteiger partial charge in [-0.05, 0) is 40.5 Å². The molecule has 2 aromatic rings. The maximum Gasteiger partial charge on any atom is 0.365 e. The highest BCUT2D eigenvalue weighted by molar-refractivity contribution is 6.81. The molecule has 0 saturated heterocycles. The third-order valence-corrected chi connectivity index (χ3v) is 4.74. The lowest BCUT2D eigenvalue weighted by atomic mass is 9.53. The molecule has 0 amide bonds. The summed E-state index contributed by atoms with van der Waals surface area (Å²) in [5, 5.41) is 9.68. The normalized spacial score (nSPS) is 10.4. The second kappa shape index (κ2) is 12.7. The van der Waals surface area contributed by atoms with Gasteiger partial charge in [0.05, 0.1) is 13.7 Å². The molecule has 0 heterocycles. The fourth-order valence-electron chi connectivity index (χ4n) is 3.13. The van der Waals surface area contributed by atoms with Gasteiger partial charge in [0.2, 0.25) is 0 Å². The molecule has 0 atom stereocenters. The number of aliphatic hydroxyl groups is 1. The highest BCUT2D eigenvalue weighted by Gasteiger charge is 2.26. The van der Waals surface area contributed by atoms with Crippen molar-refractivity contribution in [3.8, 4) is 5.75 Å². The minimum Gasteiger partial charge on any atom is -0.497 e. The molecule has 0 aliphatic rings. The number of hydrogen-bond donors (Lipinski definition) is 3. The van der Waals surface area contributed by atoms with Gasteiger partial charge in [-0.2, -0.15) is 0 Å². The standard InChI is InChI=1S/C20H30B2N2O4.CH4/c1-15-12-20(26-3)19(13-16(15)14-25)22(28-11-9-24)18-6-4-17(5-7-18)21(2)27-10-8-23;/h4-7,12-13,25H,8-11,14,23-24H2,1-3H3;1H4. The molecular formula is C21H34B2N2O4. The lowest BCUT2D eigenvalue weighted by Crippen LogP contribution is -2.47. The van der Waals surface area contributed by atoms with Gasteiger partial charge < -0.3 is 30.6 Å². The van der Waals surface area contributed by atoms with Crippen molar-refractivity contribution in [2.45, 2.75) is 27.8 Å². The number of hydrogen-bond acceptors (Lipinski definition) is 6. The molecule has 0 bridgehead atoms. The monoisotopic (exact) mass is 400 g/mol. The molecule has 5 N–H and O–H groups in total. The quantitative estimate of drug-likeness (QED) is 0.460. The topological polar surface area (TPSA) is 100.0 Å². The SMILES string of the molecule is C.COc1cc(C)c(CO)cc1B(OCCN)c1ccc(B(C)OCCN)cc1. The van der Waals surface area contributed by atoms with Crippen LogP contribution in [-0.2, 0) is 15.9 Å². The Kier molecular flexibility index (Phi) is 11.0. The van der Waals surface area contributed by atoms with Crippen LogP contribution in [0.3, 0.4) is 0 Å². The Labute approximate surface area is 175 Å². The second-order valence-corrected chi connectivity index (χ2v) is 6.69. The molecule has 0 saturated carbocycles. The molecule has 6 nitrogen and oxygen atoms in total. The number of benzene rings is 2. The van der Waals surface area contributed by atoms with Crippen molar-refractivity contribution in [1.29, 1.82) is 0 Å². The van der Waals surface area contributed by atoms with Crippen molar-refractivity contribution in [2.75, 3.05) is 33.4 Å². The molecule has 0 radical (unpaired) electrons. The maximum absolute atomic E-state index is 9.68. The molecule has 29 heavy (non-hydrogen) atoms. The van der Waals surface area contributed by atoms with Crippen LogP contribution in [0.25, 0.3) is 0 Å². The van der Waals surface area contributed by atoms with Gasteiger partial charge in [-0.15, -0.1) is 0 Å². The number of ether oxygens (including phenoxy) is 1. The highest BCUT2D eigenvalue weighted by Crippen LogP contribution is 2.16. The van der Waals surface area contributed by atoms with E-state index in [1.807, 2.05) is 50.1 Å². The molecule has 2 rings (SSSR count). The molecule has 2 aromatic carbocycles. The van der Waals surface area contributed by atoms with Crippen molar-refractivity contribution in [2.24, 2.45) is 11.5 Å². The van der Waals surface area contributed by atoms with Crippen LogP contribution >= 0.6 is 0 Å². The van der Waals surface area contributed by atoms with E-state index in [1.54, 1.807) is 7.11 Å². The smallest absolute Gasteiger partial charge is 0.365 e. The number of aryl methyl sites for hydroxylation is 1. The molecule has 158 valence electrons. The van der Waals surface area contributed by atoms with E-state index in [-0.39, 0.29) is 27.9 Å². The first-order valence-electron chi connectivity index (χ1n) is 9.57. The van der Waals surface area contributed by atoms with Gasteiger partial charge in [0, 0.05) is 26.3 Å². The van der Waals surface area contributed by atoms with Crippen LogP contribution in [0.5, 0.6) is 5.75 Å². The first kappa shape index (κ1) is 25.2. The van der Waals surface area contributed by atoms with E-state index < -0.39 is 0 Å². The van der Waals surface area contributed by atoms with Gasteiger partial charge >= 0.3 is 13.8 Å². The Balaban J connectivity index is 0.00000420. The number of nitrogens with two attached hydrogens (primary N) is 2. The second-order valence-electron chi connectivity index (χ2n) is 6.69.